The van der Waals surface area contributed by atoms with Gasteiger partial charge in [-0.3, -0.25) is 9.59 Å². The lowest BCUT2D eigenvalue weighted by molar-refractivity contribution is -0.143. The number of rotatable bonds is 4. The van der Waals surface area contributed by atoms with Gasteiger partial charge in [-0.15, -0.1) is 11.3 Å². The zero-order valence-corrected chi connectivity index (χ0v) is 19.7. The number of fused-ring (bicyclic) bond motifs is 2. The quantitative estimate of drug-likeness (QED) is 0.738. The molecule has 0 aromatic carbocycles. The molecule has 1 aromatic rings. The Labute approximate surface area is 188 Å². The smallest absolute Gasteiger partial charge is 0.229 e. The Morgan fingerprint density at radius 3 is 2.65 bits per heavy atom. The number of nitrogens with zero attached hydrogens (tertiary/aromatic N) is 2. The van der Waals surface area contributed by atoms with Crippen LogP contribution >= 0.6 is 11.3 Å². The zero-order chi connectivity index (χ0) is 21.9. The fraction of sp³-hybridized carbons (Fsp3) is 0.792. The van der Waals surface area contributed by atoms with Crippen molar-refractivity contribution in [2.75, 3.05) is 18.4 Å². The van der Waals surface area contributed by atoms with Crippen molar-refractivity contribution >= 4 is 28.3 Å². The summed E-state index contributed by atoms with van der Waals surface area (Å²) in [5.74, 6) is 0.531. The summed E-state index contributed by atoms with van der Waals surface area (Å²) >= 11 is 1.61. The molecule has 0 radical (unpaired) electrons. The second kappa shape index (κ2) is 7.84. The van der Waals surface area contributed by atoms with E-state index in [1.165, 1.54) is 4.88 Å². The van der Waals surface area contributed by atoms with Crippen LogP contribution in [0.2, 0.25) is 0 Å². The molecule has 0 bridgehead atoms. The lowest BCUT2D eigenvalue weighted by Gasteiger charge is -2.53. The molecule has 2 N–H and O–H groups in total. The third kappa shape index (κ3) is 3.71. The molecule has 2 heterocycles. The summed E-state index contributed by atoms with van der Waals surface area (Å²) in [5.41, 5.74) is 1.04. The summed E-state index contributed by atoms with van der Waals surface area (Å²) in [4.78, 5) is 33.3. The van der Waals surface area contributed by atoms with E-state index in [0.717, 1.165) is 63.7 Å². The molecule has 6 atom stereocenters. The van der Waals surface area contributed by atoms with Gasteiger partial charge in [0, 0.05) is 35.7 Å². The molecule has 3 aliphatic carbocycles. The number of nitrogens with one attached hydrogen (secondary N) is 1. The fourth-order valence-corrected chi connectivity index (χ4v) is 7.83. The molecular formula is C24H35N3O3S. The highest BCUT2D eigenvalue weighted by Crippen LogP contribution is 2.57. The molecule has 1 aliphatic heterocycles. The van der Waals surface area contributed by atoms with Crippen LogP contribution in [-0.4, -0.2) is 46.0 Å². The molecular weight excluding hydrogens is 410 g/mol. The molecule has 3 fully saturated rings. The maximum Gasteiger partial charge on any atom is 0.229 e. The second-order valence-electron chi connectivity index (χ2n) is 10.8. The van der Waals surface area contributed by atoms with E-state index >= 15 is 0 Å². The molecule has 31 heavy (non-hydrogen) atoms. The van der Waals surface area contributed by atoms with Crippen molar-refractivity contribution in [2.45, 2.75) is 77.7 Å². The Morgan fingerprint density at radius 1 is 1.26 bits per heavy atom. The van der Waals surface area contributed by atoms with Crippen molar-refractivity contribution in [3.63, 3.8) is 0 Å². The van der Waals surface area contributed by atoms with Gasteiger partial charge in [0.05, 0.1) is 11.8 Å². The Kier molecular flexibility index (Phi) is 5.40. The van der Waals surface area contributed by atoms with E-state index in [9.17, 15) is 14.7 Å². The highest BCUT2D eigenvalue weighted by Gasteiger charge is 2.54. The summed E-state index contributed by atoms with van der Waals surface area (Å²) in [6.45, 7) is 8.21. The maximum absolute atomic E-state index is 13.0. The number of hydrogen-bond acceptors (Lipinski definition) is 5. The van der Waals surface area contributed by atoms with E-state index in [1.54, 1.807) is 11.3 Å². The third-order valence-electron chi connectivity index (χ3n) is 8.55. The van der Waals surface area contributed by atoms with Crippen LogP contribution in [0.4, 0.5) is 5.13 Å². The SMILES string of the molecule is C[C@H](C(=O)N1CCCC1)[C@@H]1CC[C@]2(C)Cc3sc(NC(=O)C4CC4)nc3[C@H](C)[C@@H]2[C@H]1O. The highest BCUT2D eigenvalue weighted by molar-refractivity contribution is 7.15. The average Bonchev–Trinajstić information content (AvgIpc) is 3.29. The molecule has 4 aliphatic rings. The Balaban J connectivity index is 1.36. The van der Waals surface area contributed by atoms with E-state index in [2.05, 4.69) is 19.2 Å². The normalized spacial score (nSPS) is 35.9. The summed E-state index contributed by atoms with van der Waals surface area (Å²) in [7, 11) is 0. The largest absolute Gasteiger partial charge is 0.392 e. The molecule has 1 saturated heterocycles. The highest BCUT2D eigenvalue weighted by atomic mass is 32.1. The van der Waals surface area contributed by atoms with Gasteiger partial charge in [0.25, 0.3) is 0 Å². The van der Waals surface area contributed by atoms with Gasteiger partial charge < -0.3 is 15.3 Å². The van der Waals surface area contributed by atoms with Crippen LogP contribution in [0.3, 0.4) is 0 Å². The van der Waals surface area contributed by atoms with E-state index in [-0.39, 0.29) is 46.8 Å². The standard InChI is InChI=1S/C24H35N3O3S/c1-13(22(30)27-10-4-5-11-27)16-8-9-24(3)12-17-19(14(2)18(24)20(16)28)25-23(31-17)26-21(29)15-6-7-15/h13-16,18,20,28H,4-12H2,1-3H3,(H,25,26,29)/t13-,14+,16-,18+,20-,24+/m0/s1. The topological polar surface area (TPSA) is 82.5 Å². The van der Waals surface area contributed by atoms with Gasteiger partial charge in [0.2, 0.25) is 11.8 Å². The number of aliphatic hydroxyl groups is 1. The predicted molar refractivity (Wildman–Crippen MR) is 121 cm³/mol. The molecule has 0 spiro atoms. The first-order valence-electron chi connectivity index (χ1n) is 12.1. The van der Waals surface area contributed by atoms with Crippen LogP contribution < -0.4 is 5.32 Å². The van der Waals surface area contributed by atoms with Gasteiger partial charge in [-0.05, 0) is 62.2 Å². The molecule has 2 saturated carbocycles. The number of carbonyl (C=O) groups excluding carboxylic acids is 2. The first-order chi connectivity index (χ1) is 14.8. The van der Waals surface area contributed by atoms with Crippen LogP contribution in [0.25, 0.3) is 0 Å². The second-order valence-corrected chi connectivity index (χ2v) is 11.8. The van der Waals surface area contributed by atoms with Crippen LogP contribution in [0, 0.1) is 29.1 Å². The number of anilines is 1. The first-order valence-corrected chi connectivity index (χ1v) is 12.9. The number of hydrogen-bond donors (Lipinski definition) is 2. The number of likely N-dealkylation sites (tertiary alicyclic amines) is 1. The Bertz CT molecular complexity index is 875. The van der Waals surface area contributed by atoms with Crippen molar-refractivity contribution in [1.29, 1.82) is 0 Å². The Morgan fingerprint density at radius 2 is 1.97 bits per heavy atom. The molecule has 5 rings (SSSR count). The van der Waals surface area contributed by atoms with E-state index < -0.39 is 6.10 Å². The van der Waals surface area contributed by atoms with Crippen LogP contribution in [0.1, 0.15) is 75.8 Å². The monoisotopic (exact) mass is 445 g/mol. The molecule has 170 valence electrons. The minimum absolute atomic E-state index is 0.00264. The van der Waals surface area contributed by atoms with Crippen molar-refractivity contribution < 1.29 is 14.7 Å². The van der Waals surface area contributed by atoms with E-state index in [0.29, 0.717) is 5.13 Å². The van der Waals surface area contributed by atoms with Crippen molar-refractivity contribution in [3.8, 4) is 0 Å². The van der Waals surface area contributed by atoms with Crippen molar-refractivity contribution in [3.05, 3.63) is 10.6 Å². The van der Waals surface area contributed by atoms with E-state index in [1.807, 2.05) is 11.8 Å². The van der Waals surface area contributed by atoms with Gasteiger partial charge in [-0.25, -0.2) is 4.98 Å². The van der Waals surface area contributed by atoms with Crippen molar-refractivity contribution in [2.24, 2.45) is 29.1 Å². The fourth-order valence-electron chi connectivity index (χ4n) is 6.56. The predicted octanol–water partition coefficient (Wildman–Crippen LogP) is 3.80. The lowest BCUT2D eigenvalue weighted by atomic mass is 9.53. The molecule has 0 unspecified atom stereocenters. The first kappa shape index (κ1) is 21.4. The minimum Gasteiger partial charge on any atom is -0.392 e. The van der Waals surface area contributed by atoms with E-state index in [4.69, 9.17) is 4.98 Å². The summed E-state index contributed by atoms with van der Waals surface area (Å²) in [5, 5.41) is 15.3. The van der Waals surface area contributed by atoms with Crippen LogP contribution in [0.15, 0.2) is 0 Å². The van der Waals surface area contributed by atoms with Crippen molar-refractivity contribution in [1.82, 2.24) is 9.88 Å². The number of carbonyl (C=O) groups is 2. The van der Waals surface area contributed by atoms with Gasteiger partial charge in [0.1, 0.15) is 0 Å². The number of aliphatic hydroxyl groups excluding tert-OH is 1. The summed E-state index contributed by atoms with van der Waals surface area (Å²) in [6, 6.07) is 0. The van der Waals surface area contributed by atoms with Gasteiger partial charge in [0.15, 0.2) is 5.13 Å². The van der Waals surface area contributed by atoms with Gasteiger partial charge >= 0.3 is 0 Å². The van der Waals surface area contributed by atoms with Crippen LogP contribution in [0.5, 0.6) is 0 Å². The third-order valence-corrected chi connectivity index (χ3v) is 9.54. The molecule has 6 nitrogen and oxygen atoms in total. The molecule has 2 amide bonds. The number of thiazole rings is 1. The number of amides is 2. The number of aromatic nitrogens is 1. The maximum atomic E-state index is 13.0. The molecule has 1 aromatic heterocycles. The summed E-state index contributed by atoms with van der Waals surface area (Å²) in [6.07, 6.45) is 6.45. The molecule has 7 heteroatoms. The van der Waals surface area contributed by atoms with Gasteiger partial charge in [-0.2, -0.15) is 0 Å². The van der Waals surface area contributed by atoms with Crippen LogP contribution in [-0.2, 0) is 16.0 Å². The minimum atomic E-state index is -0.505. The lowest BCUT2D eigenvalue weighted by Crippen LogP contribution is -2.53. The summed E-state index contributed by atoms with van der Waals surface area (Å²) < 4.78 is 0. The average molecular weight is 446 g/mol. The van der Waals surface area contributed by atoms with Gasteiger partial charge in [-0.1, -0.05) is 20.8 Å². The zero-order valence-electron chi connectivity index (χ0n) is 18.9. The Hall–Kier alpha value is -1.47.